The number of benzene rings is 2. The van der Waals surface area contributed by atoms with Gasteiger partial charge in [0, 0.05) is 0 Å². The van der Waals surface area contributed by atoms with Crippen molar-refractivity contribution in [3.8, 4) is 16.9 Å². The number of carboxylic acid groups (broad SMARTS) is 1. The molecule has 0 unspecified atom stereocenters. The first-order valence-electron chi connectivity index (χ1n) is 6.19. The average Bonchev–Trinajstić information content (AvgIpc) is 2.39. The summed E-state index contributed by atoms with van der Waals surface area (Å²) < 4.78 is 5.54. The zero-order chi connectivity index (χ0) is 13.7. The zero-order valence-electron chi connectivity index (χ0n) is 10.7. The highest BCUT2D eigenvalue weighted by atomic mass is 16.5. The molecule has 0 saturated heterocycles. The Balaban J connectivity index is 2.05. The van der Waals surface area contributed by atoms with Gasteiger partial charge in [-0.3, -0.25) is 4.79 Å². The van der Waals surface area contributed by atoms with Gasteiger partial charge in [-0.25, -0.2) is 0 Å². The molecule has 0 heterocycles. The van der Waals surface area contributed by atoms with Gasteiger partial charge >= 0.3 is 5.97 Å². The molecule has 0 amide bonds. The molecule has 0 saturated carbocycles. The second kappa shape index (κ2) is 6.05. The first-order valence-corrected chi connectivity index (χ1v) is 6.19. The number of hydrogen-bond acceptors (Lipinski definition) is 2. The number of ether oxygens (including phenoxy) is 1. The normalized spacial score (nSPS) is 11.8. The van der Waals surface area contributed by atoms with Crippen LogP contribution >= 0.6 is 0 Å². The lowest BCUT2D eigenvalue weighted by Gasteiger charge is -2.13. The van der Waals surface area contributed by atoms with Crippen molar-refractivity contribution < 1.29 is 14.6 Å². The number of carboxylic acids is 1. The average molecular weight is 256 g/mol. The molecule has 0 bridgehead atoms. The smallest absolute Gasteiger partial charge is 0.307 e. The highest BCUT2D eigenvalue weighted by Crippen LogP contribution is 2.22. The van der Waals surface area contributed by atoms with E-state index in [2.05, 4.69) is 0 Å². The van der Waals surface area contributed by atoms with Crippen LogP contribution in [0, 0.1) is 0 Å². The highest BCUT2D eigenvalue weighted by molar-refractivity contribution is 5.67. The summed E-state index contributed by atoms with van der Waals surface area (Å²) in [6, 6.07) is 17.7. The molecule has 3 nitrogen and oxygen atoms in total. The minimum atomic E-state index is -0.853. The lowest BCUT2D eigenvalue weighted by atomic mass is 10.1. The van der Waals surface area contributed by atoms with Crippen molar-refractivity contribution in [2.75, 3.05) is 0 Å². The molecule has 0 spiro atoms. The van der Waals surface area contributed by atoms with Crippen LogP contribution in [0.25, 0.3) is 11.1 Å². The van der Waals surface area contributed by atoms with E-state index < -0.39 is 5.97 Å². The predicted molar refractivity (Wildman–Crippen MR) is 74.2 cm³/mol. The van der Waals surface area contributed by atoms with Crippen LogP contribution in [0.15, 0.2) is 54.6 Å². The SMILES string of the molecule is C[C@H](CC(=O)O)Oc1ccc(-c2ccccc2)cc1. The van der Waals surface area contributed by atoms with Gasteiger partial charge in [-0.1, -0.05) is 42.5 Å². The van der Waals surface area contributed by atoms with E-state index in [1.54, 1.807) is 6.92 Å². The molecule has 0 fully saturated rings. The van der Waals surface area contributed by atoms with Crippen LogP contribution in [0.5, 0.6) is 5.75 Å². The summed E-state index contributed by atoms with van der Waals surface area (Å²) in [6.45, 7) is 1.75. The van der Waals surface area contributed by atoms with Crippen molar-refractivity contribution in [2.24, 2.45) is 0 Å². The first-order chi connectivity index (χ1) is 9.15. The maximum absolute atomic E-state index is 10.6. The molecular weight excluding hydrogens is 240 g/mol. The minimum absolute atomic E-state index is 0.000433. The van der Waals surface area contributed by atoms with Crippen LogP contribution in [-0.4, -0.2) is 17.2 Å². The summed E-state index contributed by atoms with van der Waals surface area (Å²) in [6.07, 6.45) is -0.333. The van der Waals surface area contributed by atoms with Crippen molar-refractivity contribution in [1.29, 1.82) is 0 Å². The molecule has 3 heteroatoms. The van der Waals surface area contributed by atoms with Crippen LogP contribution in [0.1, 0.15) is 13.3 Å². The predicted octanol–water partition coefficient (Wildman–Crippen LogP) is 3.60. The molecule has 2 rings (SSSR count). The summed E-state index contributed by atoms with van der Waals surface area (Å²) in [4.78, 5) is 10.6. The molecular formula is C16H16O3. The Labute approximate surface area is 112 Å². The van der Waals surface area contributed by atoms with Crippen LogP contribution < -0.4 is 4.74 Å². The van der Waals surface area contributed by atoms with Gasteiger partial charge < -0.3 is 9.84 Å². The zero-order valence-corrected chi connectivity index (χ0v) is 10.7. The van der Waals surface area contributed by atoms with Crippen molar-refractivity contribution in [3.63, 3.8) is 0 Å². The summed E-state index contributed by atoms with van der Waals surface area (Å²) in [7, 11) is 0. The van der Waals surface area contributed by atoms with Gasteiger partial charge in [-0.2, -0.15) is 0 Å². The molecule has 0 aliphatic rings. The van der Waals surface area contributed by atoms with Crippen LogP contribution in [0.4, 0.5) is 0 Å². The standard InChI is InChI=1S/C16H16O3/c1-12(11-16(17)18)19-15-9-7-14(8-10-15)13-5-3-2-4-6-13/h2-10,12H,11H2,1H3,(H,17,18)/t12-/m1/s1. The highest BCUT2D eigenvalue weighted by Gasteiger charge is 2.09. The Kier molecular flexibility index (Phi) is 4.18. The third-order valence-corrected chi connectivity index (χ3v) is 2.76. The van der Waals surface area contributed by atoms with Gasteiger partial charge in [0.05, 0.1) is 6.42 Å². The molecule has 19 heavy (non-hydrogen) atoms. The summed E-state index contributed by atoms with van der Waals surface area (Å²) >= 11 is 0. The van der Waals surface area contributed by atoms with Crippen molar-refractivity contribution in [3.05, 3.63) is 54.6 Å². The van der Waals surface area contributed by atoms with E-state index in [1.165, 1.54) is 0 Å². The largest absolute Gasteiger partial charge is 0.490 e. The lowest BCUT2D eigenvalue weighted by molar-refractivity contribution is -0.138. The van der Waals surface area contributed by atoms with Crippen LogP contribution in [0.3, 0.4) is 0 Å². The molecule has 1 N–H and O–H groups in total. The second-order valence-corrected chi connectivity index (χ2v) is 4.42. The first kappa shape index (κ1) is 13.1. The minimum Gasteiger partial charge on any atom is -0.490 e. The van der Waals surface area contributed by atoms with Gasteiger partial charge in [0.25, 0.3) is 0 Å². The number of rotatable bonds is 5. The molecule has 0 aromatic heterocycles. The third kappa shape index (κ3) is 3.85. The molecule has 0 aliphatic heterocycles. The Morgan fingerprint density at radius 1 is 1.05 bits per heavy atom. The maximum Gasteiger partial charge on any atom is 0.307 e. The van der Waals surface area contributed by atoms with E-state index in [4.69, 9.17) is 9.84 Å². The van der Waals surface area contributed by atoms with Gasteiger partial charge in [-0.15, -0.1) is 0 Å². The topological polar surface area (TPSA) is 46.5 Å². The number of hydrogen-bond donors (Lipinski definition) is 1. The lowest BCUT2D eigenvalue weighted by Crippen LogP contribution is -2.16. The van der Waals surface area contributed by atoms with E-state index in [0.717, 1.165) is 11.1 Å². The summed E-state index contributed by atoms with van der Waals surface area (Å²) in [5.74, 6) is -0.165. The maximum atomic E-state index is 10.6. The fourth-order valence-corrected chi connectivity index (χ4v) is 1.88. The van der Waals surface area contributed by atoms with Gasteiger partial charge in [0.15, 0.2) is 0 Å². The number of aliphatic carboxylic acids is 1. The quantitative estimate of drug-likeness (QED) is 0.889. The molecule has 2 aromatic carbocycles. The fraction of sp³-hybridized carbons (Fsp3) is 0.188. The summed E-state index contributed by atoms with van der Waals surface area (Å²) in [5, 5.41) is 8.67. The Hall–Kier alpha value is -2.29. The van der Waals surface area contributed by atoms with E-state index in [0.29, 0.717) is 5.75 Å². The van der Waals surface area contributed by atoms with E-state index in [9.17, 15) is 4.79 Å². The molecule has 0 aliphatic carbocycles. The Bertz CT molecular complexity index is 532. The van der Waals surface area contributed by atoms with E-state index in [1.807, 2.05) is 54.6 Å². The van der Waals surface area contributed by atoms with E-state index in [-0.39, 0.29) is 12.5 Å². The monoisotopic (exact) mass is 256 g/mol. The third-order valence-electron chi connectivity index (χ3n) is 2.76. The molecule has 98 valence electrons. The van der Waals surface area contributed by atoms with Gasteiger partial charge in [0.1, 0.15) is 11.9 Å². The Morgan fingerprint density at radius 3 is 2.21 bits per heavy atom. The fourth-order valence-electron chi connectivity index (χ4n) is 1.88. The van der Waals surface area contributed by atoms with Gasteiger partial charge in [-0.05, 0) is 30.2 Å². The molecule has 0 radical (unpaired) electrons. The second-order valence-electron chi connectivity index (χ2n) is 4.42. The number of carbonyl (C=O) groups is 1. The summed E-state index contributed by atoms with van der Waals surface area (Å²) in [5.41, 5.74) is 2.26. The van der Waals surface area contributed by atoms with Crippen LogP contribution in [0.2, 0.25) is 0 Å². The van der Waals surface area contributed by atoms with Gasteiger partial charge in [0.2, 0.25) is 0 Å². The van der Waals surface area contributed by atoms with E-state index >= 15 is 0 Å². The molecule has 2 aromatic rings. The Morgan fingerprint density at radius 2 is 1.63 bits per heavy atom. The van der Waals surface area contributed by atoms with Crippen LogP contribution in [-0.2, 0) is 4.79 Å². The van der Waals surface area contributed by atoms with Crippen molar-refractivity contribution >= 4 is 5.97 Å². The molecule has 1 atom stereocenters. The van der Waals surface area contributed by atoms with Crippen molar-refractivity contribution in [2.45, 2.75) is 19.4 Å². The van der Waals surface area contributed by atoms with Crippen molar-refractivity contribution in [1.82, 2.24) is 0 Å².